The van der Waals surface area contributed by atoms with E-state index in [9.17, 15) is 14.4 Å². The van der Waals surface area contributed by atoms with E-state index in [1.165, 1.54) is 19.2 Å². The van der Waals surface area contributed by atoms with Crippen LogP contribution in [0.1, 0.15) is 36.6 Å². The van der Waals surface area contributed by atoms with E-state index in [2.05, 4.69) is 10.1 Å². The van der Waals surface area contributed by atoms with Gasteiger partial charge >= 0.3 is 11.9 Å². The summed E-state index contributed by atoms with van der Waals surface area (Å²) in [4.78, 5) is 34.7. The third-order valence-electron chi connectivity index (χ3n) is 3.20. The van der Waals surface area contributed by atoms with Crippen LogP contribution in [0, 0.1) is 0 Å². The van der Waals surface area contributed by atoms with Crippen molar-refractivity contribution < 1.29 is 24.2 Å². The average molecular weight is 313 g/mol. The van der Waals surface area contributed by atoms with Crippen LogP contribution in [-0.2, 0) is 11.3 Å². The number of ether oxygens (including phenoxy) is 1. The first-order valence-corrected chi connectivity index (χ1v) is 6.80. The van der Waals surface area contributed by atoms with Crippen molar-refractivity contribution in [3.8, 4) is 0 Å². The van der Waals surface area contributed by atoms with Crippen LogP contribution in [0.15, 0.2) is 48.5 Å². The molecule has 0 aliphatic heterocycles. The first kappa shape index (κ1) is 16.2. The lowest BCUT2D eigenvalue weighted by atomic mass is 10.1. The molecule has 0 unspecified atom stereocenters. The van der Waals surface area contributed by atoms with Gasteiger partial charge in [0.05, 0.1) is 23.8 Å². The van der Waals surface area contributed by atoms with Crippen molar-refractivity contribution in [3.05, 3.63) is 70.8 Å². The molecule has 2 aromatic rings. The minimum atomic E-state index is -1.16. The molecule has 6 nitrogen and oxygen atoms in total. The molecule has 118 valence electrons. The van der Waals surface area contributed by atoms with Gasteiger partial charge in [-0.25, -0.2) is 9.59 Å². The van der Waals surface area contributed by atoms with Crippen LogP contribution in [-0.4, -0.2) is 30.1 Å². The normalized spacial score (nSPS) is 9.96. The molecule has 0 fully saturated rings. The Kier molecular flexibility index (Phi) is 5.09. The zero-order valence-corrected chi connectivity index (χ0v) is 12.4. The second kappa shape index (κ2) is 7.22. The van der Waals surface area contributed by atoms with E-state index in [0.29, 0.717) is 11.1 Å². The van der Waals surface area contributed by atoms with Crippen molar-refractivity contribution in [1.82, 2.24) is 5.32 Å². The van der Waals surface area contributed by atoms with E-state index in [1.54, 1.807) is 36.4 Å². The highest BCUT2D eigenvalue weighted by Gasteiger charge is 2.15. The monoisotopic (exact) mass is 313 g/mol. The van der Waals surface area contributed by atoms with Gasteiger partial charge in [-0.3, -0.25) is 4.79 Å². The Morgan fingerprint density at radius 2 is 1.74 bits per heavy atom. The van der Waals surface area contributed by atoms with Crippen molar-refractivity contribution in [2.24, 2.45) is 0 Å². The van der Waals surface area contributed by atoms with Gasteiger partial charge in [0.15, 0.2) is 0 Å². The topological polar surface area (TPSA) is 92.7 Å². The summed E-state index contributed by atoms with van der Waals surface area (Å²) < 4.78 is 4.64. The Labute approximate surface area is 132 Å². The van der Waals surface area contributed by atoms with Gasteiger partial charge in [-0.2, -0.15) is 0 Å². The minimum Gasteiger partial charge on any atom is -0.478 e. The molecule has 0 aliphatic carbocycles. The van der Waals surface area contributed by atoms with Crippen LogP contribution in [0.2, 0.25) is 0 Å². The third kappa shape index (κ3) is 3.94. The molecule has 0 saturated carbocycles. The Bertz CT molecular complexity index is 754. The molecule has 2 N–H and O–H groups in total. The van der Waals surface area contributed by atoms with E-state index < -0.39 is 17.8 Å². The maximum atomic E-state index is 12.2. The second-order valence-electron chi connectivity index (χ2n) is 4.73. The Morgan fingerprint density at radius 3 is 2.39 bits per heavy atom. The number of amides is 1. The van der Waals surface area contributed by atoms with Gasteiger partial charge in [-0.1, -0.05) is 24.3 Å². The quantitative estimate of drug-likeness (QED) is 0.825. The van der Waals surface area contributed by atoms with Crippen LogP contribution in [0.3, 0.4) is 0 Å². The SMILES string of the molecule is COC(=O)c1cccc(CNC(=O)c2ccccc2C(=O)O)c1. The first-order chi connectivity index (χ1) is 11.0. The number of carboxylic acids is 1. The molecule has 2 aromatic carbocycles. The molecule has 23 heavy (non-hydrogen) atoms. The van der Waals surface area contributed by atoms with Crippen LogP contribution in [0.5, 0.6) is 0 Å². The van der Waals surface area contributed by atoms with Gasteiger partial charge in [-0.05, 0) is 29.8 Å². The highest BCUT2D eigenvalue weighted by atomic mass is 16.5. The van der Waals surface area contributed by atoms with E-state index in [0.717, 1.165) is 0 Å². The highest BCUT2D eigenvalue weighted by Crippen LogP contribution is 2.10. The van der Waals surface area contributed by atoms with Crippen LogP contribution >= 0.6 is 0 Å². The summed E-state index contributed by atoms with van der Waals surface area (Å²) in [5.74, 6) is -2.12. The molecule has 6 heteroatoms. The summed E-state index contributed by atoms with van der Waals surface area (Å²) in [6, 6.07) is 12.6. The molecule has 0 atom stereocenters. The number of hydrogen-bond donors (Lipinski definition) is 2. The summed E-state index contributed by atoms with van der Waals surface area (Å²) in [7, 11) is 1.29. The maximum Gasteiger partial charge on any atom is 0.337 e. The third-order valence-corrected chi connectivity index (χ3v) is 3.20. The highest BCUT2D eigenvalue weighted by molar-refractivity contribution is 6.04. The summed E-state index contributed by atoms with van der Waals surface area (Å²) in [6.45, 7) is 0.164. The van der Waals surface area contributed by atoms with E-state index in [4.69, 9.17) is 5.11 Å². The van der Waals surface area contributed by atoms with Gasteiger partial charge in [0.25, 0.3) is 5.91 Å². The number of hydrogen-bond acceptors (Lipinski definition) is 4. The number of rotatable bonds is 5. The predicted octanol–water partition coefficient (Wildman–Crippen LogP) is 2.10. The molecule has 0 heterocycles. The van der Waals surface area contributed by atoms with Crippen molar-refractivity contribution in [1.29, 1.82) is 0 Å². The van der Waals surface area contributed by atoms with E-state index in [-0.39, 0.29) is 17.7 Å². The van der Waals surface area contributed by atoms with Crippen molar-refractivity contribution in [2.45, 2.75) is 6.54 Å². The van der Waals surface area contributed by atoms with Gasteiger partial charge in [-0.15, -0.1) is 0 Å². The van der Waals surface area contributed by atoms with E-state index in [1.807, 2.05) is 0 Å². The standard InChI is InChI=1S/C17H15NO5/c1-23-17(22)12-6-4-5-11(9-12)10-18-15(19)13-7-2-3-8-14(13)16(20)21/h2-9H,10H2,1H3,(H,18,19)(H,20,21). The lowest BCUT2D eigenvalue weighted by Crippen LogP contribution is -2.25. The Balaban J connectivity index is 2.11. The fourth-order valence-corrected chi connectivity index (χ4v) is 2.07. The number of methoxy groups -OCH3 is 1. The molecule has 0 radical (unpaired) electrons. The Hall–Kier alpha value is -3.15. The predicted molar refractivity (Wildman–Crippen MR) is 82.4 cm³/mol. The summed E-state index contributed by atoms with van der Waals surface area (Å²) in [5.41, 5.74) is 1.11. The molecule has 0 bridgehead atoms. The molecule has 0 spiro atoms. The van der Waals surface area contributed by atoms with Crippen molar-refractivity contribution >= 4 is 17.8 Å². The molecule has 2 rings (SSSR count). The average Bonchev–Trinajstić information content (AvgIpc) is 2.59. The zero-order valence-electron chi connectivity index (χ0n) is 12.4. The summed E-state index contributed by atoms with van der Waals surface area (Å²) in [6.07, 6.45) is 0. The number of carbonyl (C=O) groups is 3. The van der Waals surface area contributed by atoms with Gasteiger partial charge in [0.2, 0.25) is 0 Å². The molecule has 1 amide bonds. The van der Waals surface area contributed by atoms with E-state index >= 15 is 0 Å². The lowest BCUT2D eigenvalue weighted by molar-refractivity contribution is 0.0599. The second-order valence-corrected chi connectivity index (χ2v) is 4.73. The molecule has 0 aromatic heterocycles. The molecular formula is C17H15NO5. The maximum absolute atomic E-state index is 12.2. The molecule has 0 saturated heterocycles. The fourth-order valence-electron chi connectivity index (χ4n) is 2.07. The zero-order chi connectivity index (χ0) is 16.8. The smallest absolute Gasteiger partial charge is 0.337 e. The number of esters is 1. The van der Waals surface area contributed by atoms with Crippen molar-refractivity contribution in [3.63, 3.8) is 0 Å². The minimum absolute atomic E-state index is 0.0617. The lowest BCUT2D eigenvalue weighted by Gasteiger charge is -2.08. The number of carboxylic acid groups (broad SMARTS) is 1. The van der Waals surface area contributed by atoms with Crippen molar-refractivity contribution in [2.75, 3.05) is 7.11 Å². The van der Waals surface area contributed by atoms with Crippen LogP contribution < -0.4 is 5.32 Å². The first-order valence-electron chi connectivity index (χ1n) is 6.80. The van der Waals surface area contributed by atoms with Gasteiger partial charge in [0, 0.05) is 6.54 Å². The number of carbonyl (C=O) groups excluding carboxylic acids is 2. The summed E-state index contributed by atoms with van der Waals surface area (Å²) >= 11 is 0. The number of nitrogens with one attached hydrogen (secondary N) is 1. The largest absolute Gasteiger partial charge is 0.478 e. The van der Waals surface area contributed by atoms with Crippen LogP contribution in [0.4, 0.5) is 0 Å². The van der Waals surface area contributed by atoms with Gasteiger partial charge in [0.1, 0.15) is 0 Å². The fraction of sp³-hybridized carbons (Fsp3) is 0.118. The number of benzene rings is 2. The Morgan fingerprint density at radius 1 is 1.04 bits per heavy atom. The van der Waals surface area contributed by atoms with Gasteiger partial charge < -0.3 is 15.2 Å². The molecular weight excluding hydrogens is 298 g/mol. The van der Waals surface area contributed by atoms with Crippen LogP contribution in [0.25, 0.3) is 0 Å². The summed E-state index contributed by atoms with van der Waals surface area (Å²) in [5, 5.41) is 11.7. The molecule has 0 aliphatic rings. The number of aromatic carboxylic acids is 1.